The van der Waals surface area contributed by atoms with Gasteiger partial charge in [-0.2, -0.15) is 0 Å². The van der Waals surface area contributed by atoms with Crippen molar-refractivity contribution < 1.29 is 27.7 Å². The molecule has 9 rings (SSSR count). The molecule has 46 heavy (non-hydrogen) atoms. The van der Waals surface area contributed by atoms with Crippen molar-refractivity contribution in [1.82, 2.24) is 0 Å². The van der Waals surface area contributed by atoms with Crippen molar-refractivity contribution in [3.63, 3.8) is 0 Å². The summed E-state index contributed by atoms with van der Waals surface area (Å²) in [5, 5.41) is -0.386. The summed E-state index contributed by atoms with van der Waals surface area (Å²) >= 11 is 0. The number of hydrogen-bond acceptors (Lipinski definition) is 1. The van der Waals surface area contributed by atoms with E-state index in [1.807, 2.05) is 48.5 Å². The van der Waals surface area contributed by atoms with Crippen LogP contribution < -0.4 is 0 Å². The molecule has 0 N–H and O–H groups in total. The Morgan fingerprint density at radius 2 is 1.07 bits per heavy atom. The summed E-state index contributed by atoms with van der Waals surface area (Å²) in [4.78, 5) is 0. The van der Waals surface area contributed by atoms with Crippen LogP contribution in [-0.2, 0) is 6.42 Å². The number of fused-ring (bicyclic) bond motifs is 5. The second-order valence-electron chi connectivity index (χ2n) is 10.7. The van der Waals surface area contributed by atoms with Crippen molar-refractivity contribution in [1.29, 1.82) is 0 Å². The second-order valence-corrected chi connectivity index (χ2v) is 10.7. The lowest BCUT2D eigenvalue weighted by Crippen LogP contribution is -1.95. The monoisotopic (exact) mass is 603 g/mol. The average Bonchev–Trinajstić information content (AvgIpc) is 3.68. The molecule has 1 nitrogen and oxygen atoms in total. The van der Waals surface area contributed by atoms with Gasteiger partial charge >= 0.3 is 0 Å². The lowest BCUT2D eigenvalue weighted by molar-refractivity contribution is 0.670. The van der Waals surface area contributed by atoms with Gasteiger partial charge in [0.05, 0.1) is 23.3 Å². The van der Waals surface area contributed by atoms with Gasteiger partial charge in [-0.1, -0.05) is 163 Å². The maximum Gasteiger partial charge on any atom is 0.143 e. The van der Waals surface area contributed by atoms with Gasteiger partial charge in [-0.15, -0.1) is 0 Å². The third kappa shape index (κ3) is 4.32. The Balaban J connectivity index is 1.43. The first-order chi connectivity index (χ1) is 29.9. The van der Waals surface area contributed by atoms with Gasteiger partial charge in [-0.25, -0.2) is 0 Å². The lowest BCUT2D eigenvalue weighted by Gasteiger charge is -2.18. The van der Waals surface area contributed by atoms with Crippen molar-refractivity contribution in [3.05, 3.63) is 181 Å². The molecule has 0 aliphatic rings. The van der Waals surface area contributed by atoms with Gasteiger partial charge in [0.25, 0.3) is 0 Å². The summed E-state index contributed by atoms with van der Waals surface area (Å²) in [5.74, 6) is 0. The van der Waals surface area contributed by atoms with Crippen LogP contribution in [0.5, 0.6) is 0 Å². The van der Waals surface area contributed by atoms with E-state index >= 15 is 0 Å². The quantitative estimate of drug-likeness (QED) is 0.178. The summed E-state index contributed by atoms with van der Waals surface area (Å²) in [6.07, 6.45) is -0.657. The Hall–Kier alpha value is -5.92. The van der Waals surface area contributed by atoms with Crippen LogP contribution in [0.1, 0.15) is 34.4 Å². The normalized spacial score (nSPS) is 16.7. The first-order valence-electron chi connectivity index (χ1n) is 23.0. The molecular formula is C45H30O. The van der Waals surface area contributed by atoms with Crippen molar-refractivity contribution in [3.8, 4) is 33.4 Å². The third-order valence-electron chi connectivity index (χ3n) is 8.14. The first kappa shape index (κ1) is 14.5. The fourth-order valence-electron chi connectivity index (χ4n) is 6.14. The fourth-order valence-corrected chi connectivity index (χ4v) is 6.14. The lowest BCUT2D eigenvalue weighted by atomic mass is 9.86. The Morgan fingerprint density at radius 3 is 1.78 bits per heavy atom. The molecule has 0 fully saturated rings. The van der Waals surface area contributed by atoms with Crippen LogP contribution in [0.2, 0.25) is 0 Å². The van der Waals surface area contributed by atoms with Crippen LogP contribution in [0, 0.1) is 0 Å². The molecule has 0 spiro atoms. The highest BCUT2D eigenvalue weighted by Gasteiger charge is 2.18. The van der Waals surface area contributed by atoms with E-state index in [1.165, 1.54) is 0 Å². The number of rotatable bonds is 5. The molecule has 216 valence electrons. The number of benzene rings is 8. The molecule has 0 atom stereocenters. The Bertz CT molecular complexity index is 3370. The standard InChI is InChI=1S/C45H30O/c1-3-13-30(14-4-1)29-41-36-17-7-9-19-38(36)43(39-20-10-8-18-37(39)41)33-27-25-32(26-28-33)34-21-12-24-42-44(34)40-23-11-22-35(45(40)46-42)31-15-5-2-6-16-31/h1-28H,29H2/i1D,3D,4D,7D,8D,9D,10D,13D,14D,17D,18D,19D,20D,25D,26D,27D,28D. The van der Waals surface area contributed by atoms with Crippen molar-refractivity contribution in [2.24, 2.45) is 0 Å². The van der Waals surface area contributed by atoms with E-state index in [0.29, 0.717) is 27.5 Å². The van der Waals surface area contributed by atoms with E-state index in [2.05, 4.69) is 0 Å². The molecule has 0 saturated heterocycles. The van der Waals surface area contributed by atoms with E-state index in [4.69, 9.17) is 16.8 Å². The zero-order chi connectivity index (χ0) is 45.2. The van der Waals surface area contributed by atoms with Gasteiger partial charge in [-0.3, -0.25) is 0 Å². The molecule has 8 aromatic carbocycles. The van der Waals surface area contributed by atoms with Crippen LogP contribution in [0.4, 0.5) is 0 Å². The minimum Gasteiger partial charge on any atom is -0.455 e. The van der Waals surface area contributed by atoms with Crippen molar-refractivity contribution >= 4 is 43.5 Å². The predicted molar refractivity (Wildman–Crippen MR) is 194 cm³/mol. The van der Waals surface area contributed by atoms with Crippen molar-refractivity contribution in [2.45, 2.75) is 6.42 Å². The summed E-state index contributed by atoms with van der Waals surface area (Å²) in [6, 6.07) is 8.36. The molecule has 0 bridgehead atoms. The maximum atomic E-state index is 9.58. The van der Waals surface area contributed by atoms with Crippen LogP contribution >= 0.6 is 0 Å². The SMILES string of the molecule is [2H]c1c([2H])c([2H])c(Cc2c3c([2H])c([2H])c([2H])c([2H])c3c(-c3c([2H])c([2H])c(-c4cccc5oc6c(-c7ccccc7)cccc6c45)c([2H])c3[2H])c3c([2H])c([2H])c([2H])c([2H])c23)c([2H])c1[2H]. The summed E-state index contributed by atoms with van der Waals surface area (Å²) < 4.78 is 158. The molecule has 1 aromatic heterocycles. The van der Waals surface area contributed by atoms with E-state index in [0.717, 1.165) is 11.1 Å². The average molecular weight is 604 g/mol. The third-order valence-corrected chi connectivity index (χ3v) is 8.14. The minimum atomic E-state index is -0.775. The number of para-hydroxylation sites is 1. The van der Waals surface area contributed by atoms with E-state index in [-0.39, 0.29) is 27.5 Å². The molecule has 0 aliphatic heterocycles. The van der Waals surface area contributed by atoms with E-state index in [9.17, 15) is 11.0 Å². The largest absolute Gasteiger partial charge is 0.455 e. The van der Waals surface area contributed by atoms with Crippen LogP contribution in [-0.4, -0.2) is 0 Å². The Labute approximate surface area is 291 Å². The van der Waals surface area contributed by atoms with Crippen LogP contribution in [0.25, 0.3) is 76.9 Å². The van der Waals surface area contributed by atoms with Gasteiger partial charge in [-0.05, 0) is 73.0 Å². The first-order valence-corrected chi connectivity index (χ1v) is 14.5. The molecule has 0 unspecified atom stereocenters. The fraction of sp³-hybridized carbons (Fsp3) is 0.0222. The van der Waals surface area contributed by atoms with Gasteiger partial charge < -0.3 is 4.42 Å². The molecule has 0 amide bonds. The molecular weight excluding hydrogens is 556 g/mol. The van der Waals surface area contributed by atoms with Gasteiger partial charge in [0, 0.05) is 16.3 Å². The van der Waals surface area contributed by atoms with E-state index < -0.39 is 131 Å². The smallest absolute Gasteiger partial charge is 0.143 e. The number of furan rings is 1. The number of hydrogen-bond donors (Lipinski definition) is 0. The summed E-state index contributed by atoms with van der Waals surface area (Å²) in [5.41, 5.74) is 1.31. The van der Waals surface area contributed by atoms with Gasteiger partial charge in [0.2, 0.25) is 0 Å². The van der Waals surface area contributed by atoms with Gasteiger partial charge in [0.1, 0.15) is 11.2 Å². The molecule has 0 aliphatic carbocycles. The predicted octanol–water partition coefficient (Wildman–Crippen LogP) is 12.5. The highest BCUT2D eigenvalue weighted by Crippen LogP contribution is 2.43. The molecule has 0 saturated carbocycles. The van der Waals surface area contributed by atoms with Crippen molar-refractivity contribution in [2.75, 3.05) is 0 Å². The van der Waals surface area contributed by atoms with Gasteiger partial charge in [0.15, 0.2) is 0 Å². The highest BCUT2D eigenvalue weighted by molar-refractivity contribution is 6.17. The maximum absolute atomic E-state index is 9.58. The van der Waals surface area contributed by atoms with Crippen LogP contribution in [0.15, 0.2) is 174 Å². The Kier molecular flexibility index (Phi) is 3.43. The van der Waals surface area contributed by atoms with E-state index in [1.54, 1.807) is 18.2 Å². The Morgan fingerprint density at radius 1 is 0.457 bits per heavy atom. The zero-order valence-electron chi connectivity index (χ0n) is 41.0. The molecule has 9 aromatic rings. The molecule has 0 radical (unpaired) electrons. The topological polar surface area (TPSA) is 13.1 Å². The van der Waals surface area contributed by atoms with Crippen LogP contribution in [0.3, 0.4) is 0 Å². The second kappa shape index (κ2) is 10.9. The molecule has 1 heterocycles. The molecule has 1 heteroatoms. The minimum absolute atomic E-state index is 0.123. The zero-order valence-corrected chi connectivity index (χ0v) is 24.0. The highest BCUT2D eigenvalue weighted by atomic mass is 16.3. The summed E-state index contributed by atoms with van der Waals surface area (Å²) in [6.45, 7) is 0. The summed E-state index contributed by atoms with van der Waals surface area (Å²) in [7, 11) is 0.